The molecule has 0 aliphatic heterocycles. The molecule has 3 N–H and O–H groups in total. The highest BCUT2D eigenvalue weighted by atomic mass is 16.2. The van der Waals surface area contributed by atoms with Gasteiger partial charge in [-0.3, -0.25) is 15.0 Å². The van der Waals surface area contributed by atoms with Crippen LogP contribution < -0.4 is 5.32 Å². The van der Waals surface area contributed by atoms with Crippen molar-refractivity contribution in [3.63, 3.8) is 0 Å². The highest BCUT2D eigenvalue weighted by Crippen LogP contribution is 2.18. The molecule has 0 unspecified atom stereocenters. The van der Waals surface area contributed by atoms with Crippen LogP contribution in [0, 0.1) is 0 Å². The molecule has 2 aromatic heterocycles. The van der Waals surface area contributed by atoms with Crippen LogP contribution in [0.25, 0.3) is 11.3 Å². The minimum Gasteiger partial charge on any atom is -0.319 e. The van der Waals surface area contributed by atoms with Crippen LogP contribution in [0.3, 0.4) is 0 Å². The van der Waals surface area contributed by atoms with Crippen molar-refractivity contribution in [2.45, 2.75) is 0 Å². The number of nitrogens with one attached hydrogen (secondary N) is 3. The van der Waals surface area contributed by atoms with Crippen LogP contribution in [0.2, 0.25) is 0 Å². The van der Waals surface area contributed by atoms with Crippen LogP contribution in [0.1, 0.15) is 10.6 Å². The lowest BCUT2D eigenvalue weighted by atomic mass is 10.1. The Morgan fingerprint density at radius 1 is 1.05 bits per heavy atom. The van der Waals surface area contributed by atoms with Gasteiger partial charge in [0.1, 0.15) is 6.33 Å². The van der Waals surface area contributed by atoms with E-state index in [2.05, 4.69) is 30.7 Å². The smallest absolute Gasteiger partial charge is 0.292 e. The number of anilines is 1. The fourth-order valence-corrected chi connectivity index (χ4v) is 1.65. The summed E-state index contributed by atoms with van der Waals surface area (Å²) in [6.45, 7) is 0. The number of hydrogen-bond donors (Lipinski definition) is 3. The van der Waals surface area contributed by atoms with Crippen LogP contribution in [0.15, 0.2) is 42.9 Å². The van der Waals surface area contributed by atoms with Gasteiger partial charge in [-0.15, -0.1) is 0 Å². The lowest BCUT2D eigenvalue weighted by Gasteiger charge is -2.04. The minimum absolute atomic E-state index is 0.178. The predicted octanol–water partition coefficient (Wildman–Crippen LogP) is 1.45. The number of aromatic amines is 2. The first kappa shape index (κ1) is 11.1. The largest absolute Gasteiger partial charge is 0.319 e. The first-order valence-electron chi connectivity index (χ1n) is 5.59. The molecule has 0 aliphatic rings. The molecule has 7 nitrogen and oxygen atoms in total. The maximum Gasteiger partial charge on any atom is 0.292 e. The van der Waals surface area contributed by atoms with E-state index in [-0.39, 0.29) is 11.7 Å². The number of carbonyl (C=O) groups is 1. The van der Waals surface area contributed by atoms with Gasteiger partial charge in [-0.2, -0.15) is 10.2 Å². The summed E-state index contributed by atoms with van der Waals surface area (Å²) in [4.78, 5) is 15.5. The molecule has 0 atom stereocenters. The van der Waals surface area contributed by atoms with Gasteiger partial charge >= 0.3 is 0 Å². The lowest BCUT2D eigenvalue weighted by molar-refractivity contribution is 0.101. The zero-order valence-corrected chi connectivity index (χ0v) is 9.79. The van der Waals surface area contributed by atoms with Crippen molar-refractivity contribution in [3.05, 3.63) is 48.7 Å². The summed E-state index contributed by atoms with van der Waals surface area (Å²) in [5, 5.41) is 15.6. The molecule has 0 spiro atoms. The molecule has 94 valence electrons. The fraction of sp³-hybridized carbons (Fsp3) is 0. The highest BCUT2D eigenvalue weighted by molar-refractivity contribution is 6.01. The Morgan fingerprint density at radius 2 is 1.89 bits per heavy atom. The van der Waals surface area contributed by atoms with Crippen LogP contribution >= 0.6 is 0 Å². The Bertz CT molecular complexity index is 657. The van der Waals surface area contributed by atoms with Gasteiger partial charge in [0.2, 0.25) is 5.82 Å². The van der Waals surface area contributed by atoms with E-state index in [0.29, 0.717) is 5.69 Å². The summed E-state index contributed by atoms with van der Waals surface area (Å²) in [6.07, 6.45) is 2.98. The average Bonchev–Trinajstić information content (AvgIpc) is 3.13. The lowest BCUT2D eigenvalue weighted by Crippen LogP contribution is -2.13. The molecule has 0 bridgehead atoms. The molecule has 3 aromatic rings. The minimum atomic E-state index is -0.327. The maximum absolute atomic E-state index is 11.7. The Kier molecular flexibility index (Phi) is 2.77. The Balaban J connectivity index is 1.75. The second-order valence-corrected chi connectivity index (χ2v) is 3.84. The Morgan fingerprint density at radius 3 is 2.53 bits per heavy atom. The number of benzene rings is 1. The molecular formula is C12H10N6O. The summed E-state index contributed by atoms with van der Waals surface area (Å²) in [6, 6.07) is 9.28. The van der Waals surface area contributed by atoms with Gasteiger partial charge in [-0.1, -0.05) is 12.1 Å². The molecule has 0 fully saturated rings. The van der Waals surface area contributed by atoms with Crippen LogP contribution in [-0.2, 0) is 0 Å². The molecule has 0 saturated heterocycles. The van der Waals surface area contributed by atoms with E-state index in [1.165, 1.54) is 6.33 Å². The van der Waals surface area contributed by atoms with Crippen molar-refractivity contribution in [2.75, 3.05) is 5.32 Å². The van der Waals surface area contributed by atoms with Gasteiger partial charge in [-0.25, -0.2) is 4.98 Å². The first-order valence-corrected chi connectivity index (χ1v) is 5.59. The fourth-order valence-electron chi connectivity index (χ4n) is 1.65. The first-order chi connectivity index (χ1) is 9.33. The van der Waals surface area contributed by atoms with Gasteiger partial charge in [0.25, 0.3) is 5.91 Å². The number of aromatic nitrogens is 5. The maximum atomic E-state index is 11.7. The second kappa shape index (κ2) is 4.73. The van der Waals surface area contributed by atoms with Crippen molar-refractivity contribution < 1.29 is 4.79 Å². The molecular weight excluding hydrogens is 244 g/mol. The van der Waals surface area contributed by atoms with Gasteiger partial charge < -0.3 is 5.32 Å². The normalized spacial score (nSPS) is 10.3. The second-order valence-electron chi connectivity index (χ2n) is 3.84. The summed E-state index contributed by atoms with van der Waals surface area (Å²) < 4.78 is 0. The van der Waals surface area contributed by atoms with Gasteiger partial charge in [0, 0.05) is 11.9 Å². The summed E-state index contributed by atoms with van der Waals surface area (Å²) in [5.74, 6) is -0.149. The number of nitrogens with zero attached hydrogens (tertiary/aromatic N) is 3. The van der Waals surface area contributed by atoms with Crippen LogP contribution in [0.4, 0.5) is 5.69 Å². The van der Waals surface area contributed by atoms with Crippen molar-refractivity contribution >= 4 is 11.6 Å². The molecule has 0 saturated carbocycles. The van der Waals surface area contributed by atoms with E-state index in [4.69, 9.17) is 0 Å². The standard InChI is InChI=1S/C12H10N6O/c19-12(11-13-7-15-18-11)16-9-3-1-8(2-4-9)10-5-6-14-17-10/h1-7H,(H,14,17)(H,16,19)(H,13,15,18). The van der Waals surface area contributed by atoms with Crippen LogP contribution in [-0.4, -0.2) is 31.3 Å². The number of H-pyrrole nitrogens is 2. The van der Waals surface area contributed by atoms with Gasteiger partial charge in [0.15, 0.2) is 0 Å². The Labute approximate surface area is 108 Å². The van der Waals surface area contributed by atoms with Gasteiger partial charge in [0.05, 0.1) is 5.69 Å². The molecule has 1 aromatic carbocycles. The summed E-state index contributed by atoms with van der Waals surface area (Å²) >= 11 is 0. The molecule has 2 heterocycles. The molecule has 3 rings (SSSR count). The van der Waals surface area contributed by atoms with E-state index in [0.717, 1.165) is 11.3 Å². The third-order valence-electron chi connectivity index (χ3n) is 2.58. The molecule has 1 amide bonds. The average molecular weight is 254 g/mol. The van der Waals surface area contributed by atoms with Crippen molar-refractivity contribution in [2.24, 2.45) is 0 Å². The molecule has 7 heteroatoms. The topological polar surface area (TPSA) is 99.3 Å². The zero-order chi connectivity index (χ0) is 13.1. The summed E-state index contributed by atoms with van der Waals surface area (Å²) in [7, 11) is 0. The van der Waals surface area contributed by atoms with E-state index in [1.54, 1.807) is 6.20 Å². The third kappa shape index (κ3) is 2.34. The number of rotatable bonds is 3. The monoisotopic (exact) mass is 254 g/mol. The van der Waals surface area contributed by atoms with Crippen LogP contribution in [0.5, 0.6) is 0 Å². The van der Waals surface area contributed by atoms with Gasteiger partial charge in [-0.05, 0) is 23.8 Å². The van der Waals surface area contributed by atoms with E-state index in [1.807, 2.05) is 30.3 Å². The van der Waals surface area contributed by atoms with E-state index >= 15 is 0 Å². The zero-order valence-electron chi connectivity index (χ0n) is 9.79. The number of carbonyl (C=O) groups excluding carboxylic acids is 1. The van der Waals surface area contributed by atoms with E-state index in [9.17, 15) is 4.79 Å². The number of amides is 1. The third-order valence-corrected chi connectivity index (χ3v) is 2.58. The Hall–Kier alpha value is -2.96. The predicted molar refractivity (Wildman–Crippen MR) is 68.4 cm³/mol. The molecule has 0 aliphatic carbocycles. The van der Waals surface area contributed by atoms with Crippen molar-refractivity contribution in [1.82, 2.24) is 25.4 Å². The summed E-state index contributed by atoms with van der Waals surface area (Å²) in [5.41, 5.74) is 2.60. The number of hydrogen-bond acceptors (Lipinski definition) is 4. The quantitative estimate of drug-likeness (QED) is 0.658. The molecule has 19 heavy (non-hydrogen) atoms. The van der Waals surface area contributed by atoms with Crippen molar-refractivity contribution in [3.8, 4) is 11.3 Å². The SMILES string of the molecule is O=C(Nc1ccc(-c2ccn[nH]2)cc1)c1ncn[nH]1. The molecule has 0 radical (unpaired) electrons. The highest BCUT2D eigenvalue weighted by Gasteiger charge is 2.08. The van der Waals surface area contributed by atoms with Crippen molar-refractivity contribution in [1.29, 1.82) is 0 Å². The van der Waals surface area contributed by atoms with E-state index < -0.39 is 0 Å².